The van der Waals surface area contributed by atoms with Crippen LogP contribution in [0.5, 0.6) is 0 Å². The van der Waals surface area contributed by atoms with E-state index in [2.05, 4.69) is 22.1 Å². The van der Waals surface area contributed by atoms with E-state index in [4.69, 9.17) is 0 Å². The highest BCUT2D eigenvalue weighted by molar-refractivity contribution is 4.95. The minimum absolute atomic E-state index is 1.02. The average molecular weight is 166 g/mol. The molecule has 0 saturated carbocycles. The molecule has 1 rings (SSSR count). The molecule has 0 bridgehead atoms. The first kappa shape index (κ1) is 9.57. The van der Waals surface area contributed by atoms with Gasteiger partial charge in [-0.1, -0.05) is 0 Å². The Hall–Kier alpha value is -0.520. The fourth-order valence-corrected chi connectivity index (χ4v) is 1.46. The first-order chi connectivity index (χ1) is 5.93. The van der Waals surface area contributed by atoms with Gasteiger partial charge in [-0.15, -0.1) is 11.8 Å². The zero-order chi connectivity index (χ0) is 8.65. The molecule has 0 atom stereocenters. The first-order valence-electron chi connectivity index (χ1n) is 4.76. The van der Waals surface area contributed by atoms with Crippen LogP contribution in [0.2, 0.25) is 0 Å². The molecule has 0 aliphatic carbocycles. The minimum atomic E-state index is 1.02. The maximum absolute atomic E-state index is 3.39. The summed E-state index contributed by atoms with van der Waals surface area (Å²) in [7, 11) is 0. The second-order valence-electron chi connectivity index (χ2n) is 3.12. The van der Waals surface area contributed by atoms with Crippen molar-refractivity contribution in [2.75, 3.05) is 32.7 Å². The summed E-state index contributed by atoms with van der Waals surface area (Å²) in [5.41, 5.74) is 0. The van der Waals surface area contributed by atoms with Gasteiger partial charge in [0, 0.05) is 26.1 Å². The van der Waals surface area contributed by atoms with Crippen molar-refractivity contribution in [3.8, 4) is 11.8 Å². The van der Waals surface area contributed by atoms with Crippen LogP contribution in [0.3, 0.4) is 0 Å². The Kier molecular flexibility index (Phi) is 4.82. The molecule has 1 fully saturated rings. The maximum atomic E-state index is 3.39. The van der Waals surface area contributed by atoms with E-state index in [9.17, 15) is 0 Å². The number of rotatable bonds is 2. The molecule has 0 radical (unpaired) electrons. The van der Waals surface area contributed by atoms with E-state index in [-0.39, 0.29) is 0 Å². The summed E-state index contributed by atoms with van der Waals surface area (Å²) in [5, 5.41) is 3.39. The van der Waals surface area contributed by atoms with E-state index >= 15 is 0 Å². The molecule has 0 spiro atoms. The second-order valence-corrected chi connectivity index (χ2v) is 3.12. The number of nitrogens with one attached hydrogen (secondary N) is 1. The van der Waals surface area contributed by atoms with Gasteiger partial charge in [-0.2, -0.15) is 0 Å². The van der Waals surface area contributed by atoms with Crippen LogP contribution >= 0.6 is 0 Å². The second kappa shape index (κ2) is 6.05. The summed E-state index contributed by atoms with van der Waals surface area (Å²) in [6.45, 7) is 7.78. The SMILES string of the molecule is CC#CCCN1CCCNCC1. The molecule has 2 nitrogen and oxygen atoms in total. The van der Waals surface area contributed by atoms with Crippen LogP contribution in [0.25, 0.3) is 0 Å². The van der Waals surface area contributed by atoms with E-state index in [1.807, 2.05) is 6.92 Å². The van der Waals surface area contributed by atoms with Gasteiger partial charge in [0.05, 0.1) is 0 Å². The van der Waals surface area contributed by atoms with E-state index in [0.29, 0.717) is 0 Å². The van der Waals surface area contributed by atoms with Gasteiger partial charge >= 0.3 is 0 Å². The van der Waals surface area contributed by atoms with Gasteiger partial charge in [-0.25, -0.2) is 0 Å². The third-order valence-electron chi connectivity index (χ3n) is 2.16. The zero-order valence-electron chi connectivity index (χ0n) is 7.90. The molecule has 12 heavy (non-hydrogen) atoms. The molecular formula is C10H18N2. The van der Waals surface area contributed by atoms with Crippen LogP contribution in [0.15, 0.2) is 0 Å². The minimum Gasteiger partial charge on any atom is -0.315 e. The lowest BCUT2D eigenvalue weighted by Crippen LogP contribution is -2.28. The molecule has 0 aromatic carbocycles. The molecule has 1 saturated heterocycles. The molecule has 2 heteroatoms. The van der Waals surface area contributed by atoms with Crippen molar-refractivity contribution >= 4 is 0 Å². The standard InChI is InChI=1S/C10H18N2/c1-2-3-4-8-12-9-5-6-11-7-10-12/h11H,4-10H2,1H3. The Morgan fingerprint density at radius 2 is 2.25 bits per heavy atom. The Labute approximate surface area is 75.3 Å². The van der Waals surface area contributed by atoms with Gasteiger partial charge < -0.3 is 10.2 Å². The zero-order valence-corrected chi connectivity index (χ0v) is 7.90. The summed E-state index contributed by atoms with van der Waals surface area (Å²) < 4.78 is 0. The molecule has 0 aromatic rings. The lowest BCUT2D eigenvalue weighted by Gasteiger charge is -2.17. The molecule has 0 unspecified atom stereocenters. The summed E-state index contributed by atoms with van der Waals surface area (Å²) in [6, 6.07) is 0. The highest BCUT2D eigenvalue weighted by Gasteiger charge is 2.06. The Morgan fingerprint density at radius 1 is 1.33 bits per heavy atom. The van der Waals surface area contributed by atoms with Gasteiger partial charge in [0.25, 0.3) is 0 Å². The number of nitrogens with zero attached hydrogens (tertiary/aromatic N) is 1. The fraction of sp³-hybridized carbons (Fsp3) is 0.800. The van der Waals surface area contributed by atoms with Crippen molar-refractivity contribution in [1.82, 2.24) is 10.2 Å². The van der Waals surface area contributed by atoms with Crippen LogP contribution in [0.4, 0.5) is 0 Å². The largest absolute Gasteiger partial charge is 0.315 e. The topological polar surface area (TPSA) is 15.3 Å². The molecule has 0 amide bonds. The van der Waals surface area contributed by atoms with Crippen molar-refractivity contribution in [3.05, 3.63) is 0 Å². The molecule has 1 aliphatic rings. The Morgan fingerprint density at radius 3 is 3.08 bits per heavy atom. The molecule has 1 heterocycles. The first-order valence-corrected chi connectivity index (χ1v) is 4.76. The van der Waals surface area contributed by atoms with Crippen LogP contribution in [0, 0.1) is 11.8 Å². The van der Waals surface area contributed by atoms with Crippen molar-refractivity contribution in [1.29, 1.82) is 0 Å². The monoisotopic (exact) mass is 166 g/mol. The molecule has 1 aliphatic heterocycles. The van der Waals surface area contributed by atoms with Gasteiger partial charge in [0.1, 0.15) is 0 Å². The van der Waals surface area contributed by atoms with Crippen molar-refractivity contribution in [3.63, 3.8) is 0 Å². The van der Waals surface area contributed by atoms with E-state index in [1.54, 1.807) is 0 Å². The van der Waals surface area contributed by atoms with E-state index in [1.165, 1.54) is 26.1 Å². The summed E-state index contributed by atoms with van der Waals surface area (Å²) in [6.07, 6.45) is 2.30. The summed E-state index contributed by atoms with van der Waals surface area (Å²) in [4.78, 5) is 2.49. The number of hydrogen-bond acceptors (Lipinski definition) is 2. The molecule has 0 aromatic heterocycles. The third-order valence-corrected chi connectivity index (χ3v) is 2.16. The van der Waals surface area contributed by atoms with Gasteiger partial charge in [-0.05, 0) is 26.4 Å². The Bertz CT molecular complexity index is 158. The highest BCUT2D eigenvalue weighted by atomic mass is 15.1. The highest BCUT2D eigenvalue weighted by Crippen LogP contribution is 1.95. The van der Waals surface area contributed by atoms with Gasteiger partial charge in [0.2, 0.25) is 0 Å². The van der Waals surface area contributed by atoms with Crippen LogP contribution in [-0.2, 0) is 0 Å². The average Bonchev–Trinajstić information content (AvgIpc) is 2.33. The molecular weight excluding hydrogens is 148 g/mol. The fourth-order valence-electron chi connectivity index (χ4n) is 1.46. The van der Waals surface area contributed by atoms with Crippen LogP contribution < -0.4 is 5.32 Å². The van der Waals surface area contributed by atoms with Crippen LogP contribution in [-0.4, -0.2) is 37.6 Å². The normalized spacial score (nSPS) is 19.4. The van der Waals surface area contributed by atoms with Crippen molar-refractivity contribution in [2.45, 2.75) is 19.8 Å². The molecule has 1 N–H and O–H groups in total. The molecule has 68 valence electrons. The quantitative estimate of drug-likeness (QED) is 0.607. The summed E-state index contributed by atoms with van der Waals surface area (Å²) >= 11 is 0. The number of hydrogen-bond donors (Lipinski definition) is 1. The van der Waals surface area contributed by atoms with Gasteiger partial charge in [-0.3, -0.25) is 0 Å². The predicted molar refractivity (Wildman–Crippen MR) is 52.0 cm³/mol. The summed E-state index contributed by atoms with van der Waals surface area (Å²) in [5.74, 6) is 6.03. The smallest absolute Gasteiger partial charge is 0.0216 e. The van der Waals surface area contributed by atoms with Gasteiger partial charge in [0.15, 0.2) is 0 Å². The van der Waals surface area contributed by atoms with E-state index < -0.39 is 0 Å². The van der Waals surface area contributed by atoms with Crippen LogP contribution in [0.1, 0.15) is 19.8 Å². The lowest BCUT2D eigenvalue weighted by atomic mass is 10.3. The predicted octanol–water partition coefficient (Wildman–Crippen LogP) is 0.695. The van der Waals surface area contributed by atoms with E-state index in [0.717, 1.165) is 19.5 Å². The maximum Gasteiger partial charge on any atom is 0.0216 e. The van der Waals surface area contributed by atoms with Crippen molar-refractivity contribution in [2.24, 2.45) is 0 Å². The Balaban J connectivity index is 2.14. The lowest BCUT2D eigenvalue weighted by molar-refractivity contribution is 0.300. The van der Waals surface area contributed by atoms with Crippen molar-refractivity contribution < 1.29 is 0 Å². The third kappa shape index (κ3) is 3.75.